The summed E-state index contributed by atoms with van der Waals surface area (Å²) in [5.41, 5.74) is 1.70. The largest absolute Gasteiger partial charge is 0.352 e. The van der Waals surface area contributed by atoms with E-state index in [1.165, 1.54) is 0 Å². The number of aryl methyl sites for hydroxylation is 1. The second-order valence-corrected chi connectivity index (χ2v) is 6.94. The molecule has 1 saturated carbocycles. The topological polar surface area (TPSA) is 95.8 Å². The molecule has 0 aromatic carbocycles. The Balaban J connectivity index is 1.37. The number of piperazine rings is 1. The van der Waals surface area contributed by atoms with Gasteiger partial charge in [-0.25, -0.2) is 15.0 Å². The van der Waals surface area contributed by atoms with Gasteiger partial charge in [0.05, 0.1) is 17.3 Å². The van der Waals surface area contributed by atoms with Crippen LogP contribution in [-0.4, -0.2) is 55.9 Å². The summed E-state index contributed by atoms with van der Waals surface area (Å²) in [7, 11) is 1.88. The molecular weight excluding hydrogens is 332 g/mol. The average molecular weight is 352 g/mol. The Morgan fingerprint density at radius 3 is 2.65 bits per heavy atom. The van der Waals surface area contributed by atoms with Crippen molar-refractivity contribution in [3.05, 3.63) is 34.6 Å². The lowest BCUT2D eigenvalue weighted by atomic mass is 10.2. The molecule has 0 spiro atoms. The number of H-pyrrole nitrogens is 1. The van der Waals surface area contributed by atoms with E-state index in [2.05, 4.69) is 34.8 Å². The number of nitrogens with one attached hydrogen (secondary N) is 1. The van der Waals surface area contributed by atoms with Crippen molar-refractivity contribution in [3.8, 4) is 0 Å². The van der Waals surface area contributed by atoms with E-state index in [1.807, 2.05) is 13.2 Å². The molecule has 1 aliphatic heterocycles. The van der Waals surface area contributed by atoms with Gasteiger partial charge in [-0.1, -0.05) is 0 Å². The van der Waals surface area contributed by atoms with Crippen LogP contribution in [0.2, 0.25) is 0 Å². The molecule has 9 nitrogen and oxygen atoms in total. The van der Waals surface area contributed by atoms with Crippen LogP contribution in [0.1, 0.15) is 24.5 Å². The number of anilines is 2. The fraction of sp³-hybridized carbons (Fsp3) is 0.471. The first-order valence-electron chi connectivity index (χ1n) is 8.93. The van der Waals surface area contributed by atoms with E-state index in [0.29, 0.717) is 11.9 Å². The van der Waals surface area contributed by atoms with Crippen LogP contribution in [0.3, 0.4) is 0 Å². The molecule has 0 amide bonds. The summed E-state index contributed by atoms with van der Waals surface area (Å²) in [5, 5.41) is 5.25. The van der Waals surface area contributed by atoms with E-state index < -0.39 is 0 Å². The number of aromatic amines is 1. The predicted molar refractivity (Wildman–Crippen MR) is 97.6 cm³/mol. The second kappa shape index (κ2) is 5.79. The van der Waals surface area contributed by atoms with Gasteiger partial charge in [0, 0.05) is 45.2 Å². The van der Waals surface area contributed by atoms with E-state index in [4.69, 9.17) is 0 Å². The molecule has 0 bridgehead atoms. The van der Waals surface area contributed by atoms with Crippen LogP contribution in [0.5, 0.6) is 0 Å². The lowest BCUT2D eigenvalue weighted by molar-refractivity contribution is 0.633. The molecule has 26 heavy (non-hydrogen) atoms. The Bertz CT molecular complexity index is 1010. The van der Waals surface area contributed by atoms with Crippen LogP contribution in [0, 0.1) is 0 Å². The molecule has 5 rings (SSSR count). The summed E-state index contributed by atoms with van der Waals surface area (Å²) >= 11 is 0. The van der Waals surface area contributed by atoms with Gasteiger partial charge in [-0.2, -0.15) is 5.10 Å². The molecule has 9 heteroatoms. The van der Waals surface area contributed by atoms with Gasteiger partial charge in [-0.15, -0.1) is 0 Å². The van der Waals surface area contributed by atoms with Crippen LogP contribution in [0.15, 0.2) is 23.4 Å². The van der Waals surface area contributed by atoms with Crippen LogP contribution in [0.25, 0.3) is 11.0 Å². The smallest absolute Gasteiger partial charge is 0.252 e. The third-order valence-corrected chi connectivity index (χ3v) is 5.13. The lowest BCUT2D eigenvalue weighted by Gasteiger charge is -2.35. The number of rotatable bonds is 3. The summed E-state index contributed by atoms with van der Waals surface area (Å²) in [6.07, 6.45) is 5.68. The summed E-state index contributed by atoms with van der Waals surface area (Å²) < 4.78 is 1.76. The number of hydrogen-bond donors (Lipinski definition) is 1. The molecule has 4 heterocycles. The molecule has 0 radical (unpaired) electrons. The molecule has 3 aromatic heterocycles. The molecule has 134 valence electrons. The minimum Gasteiger partial charge on any atom is -0.352 e. The second-order valence-electron chi connectivity index (χ2n) is 6.94. The minimum atomic E-state index is -0.0628. The van der Waals surface area contributed by atoms with Crippen molar-refractivity contribution < 1.29 is 0 Å². The Morgan fingerprint density at radius 1 is 1.12 bits per heavy atom. The van der Waals surface area contributed by atoms with Gasteiger partial charge in [0.15, 0.2) is 5.65 Å². The summed E-state index contributed by atoms with van der Waals surface area (Å²) in [6.45, 7) is 3.17. The maximum Gasteiger partial charge on any atom is 0.252 e. The Hall–Kier alpha value is -2.97. The van der Waals surface area contributed by atoms with E-state index in [9.17, 15) is 4.79 Å². The monoisotopic (exact) mass is 352 g/mol. The van der Waals surface area contributed by atoms with Gasteiger partial charge in [0.2, 0.25) is 5.95 Å². The normalized spacial score (nSPS) is 17.9. The minimum absolute atomic E-state index is 0.0628. The third kappa shape index (κ3) is 2.59. The first-order chi connectivity index (χ1) is 12.7. The molecular formula is C17H20N8O. The number of nitrogens with zero attached hydrogens (tertiary/aromatic N) is 7. The van der Waals surface area contributed by atoms with E-state index in [-0.39, 0.29) is 5.56 Å². The molecule has 2 aliphatic rings. The molecule has 1 N–H and O–H groups in total. The molecule has 2 fully saturated rings. The van der Waals surface area contributed by atoms with Crippen molar-refractivity contribution in [2.45, 2.75) is 18.8 Å². The van der Waals surface area contributed by atoms with Gasteiger partial charge in [-0.05, 0) is 12.8 Å². The van der Waals surface area contributed by atoms with E-state index in [0.717, 1.165) is 61.6 Å². The molecule has 3 aromatic rings. The SMILES string of the molecule is Cn1ncc2c(N3CCN(c4nc(C5CC5)cc(=O)[nH]4)CC3)ncnc21. The molecule has 0 atom stereocenters. The maximum absolute atomic E-state index is 12.0. The highest BCUT2D eigenvalue weighted by Crippen LogP contribution is 2.38. The highest BCUT2D eigenvalue weighted by Gasteiger charge is 2.27. The Labute approximate surface area is 149 Å². The quantitative estimate of drug-likeness (QED) is 0.739. The van der Waals surface area contributed by atoms with Gasteiger partial charge in [0.25, 0.3) is 5.56 Å². The zero-order chi connectivity index (χ0) is 17.7. The van der Waals surface area contributed by atoms with E-state index >= 15 is 0 Å². The van der Waals surface area contributed by atoms with Crippen molar-refractivity contribution in [1.29, 1.82) is 0 Å². The van der Waals surface area contributed by atoms with Crippen LogP contribution in [0.4, 0.5) is 11.8 Å². The predicted octanol–water partition coefficient (Wildman–Crippen LogP) is 0.651. The number of hydrogen-bond acceptors (Lipinski definition) is 7. The zero-order valence-corrected chi connectivity index (χ0v) is 14.6. The van der Waals surface area contributed by atoms with Gasteiger partial charge >= 0.3 is 0 Å². The van der Waals surface area contributed by atoms with Crippen molar-refractivity contribution in [3.63, 3.8) is 0 Å². The van der Waals surface area contributed by atoms with Crippen molar-refractivity contribution in [1.82, 2.24) is 29.7 Å². The first-order valence-corrected chi connectivity index (χ1v) is 8.93. The highest BCUT2D eigenvalue weighted by atomic mass is 16.1. The van der Waals surface area contributed by atoms with Gasteiger partial charge < -0.3 is 9.80 Å². The fourth-order valence-corrected chi connectivity index (χ4v) is 3.53. The van der Waals surface area contributed by atoms with Crippen LogP contribution >= 0.6 is 0 Å². The number of fused-ring (bicyclic) bond motifs is 1. The zero-order valence-electron chi connectivity index (χ0n) is 14.6. The Kier molecular flexibility index (Phi) is 3.41. The highest BCUT2D eigenvalue weighted by molar-refractivity contribution is 5.86. The van der Waals surface area contributed by atoms with Crippen LogP contribution < -0.4 is 15.4 Å². The summed E-state index contributed by atoms with van der Waals surface area (Å²) in [6, 6.07) is 1.64. The van der Waals surface area contributed by atoms with Gasteiger partial charge in [-0.3, -0.25) is 14.5 Å². The number of aromatic nitrogens is 6. The first kappa shape index (κ1) is 15.3. The van der Waals surface area contributed by atoms with Crippen LogP contribution in [-0.2, 0) is 7.05 Å². The van der Waals surface area contributed by atoms with Crippen molar-refractivity contribution in [2.24, 2.45) is 7.05 Å². The summed E-state index contributed by atoms with van der Waals surface area (Å²) in [5.74, 6) is 2.07. The molecule has 1 saturated heterocycles. The summed E-state index contributed by atoms with van der Waals surface area (Å²) in [4.78, 5) is 32.7. The molecule has 1 aliphatic carbocycles. The maximum atomic E-state index is 12.0. The average Bonchev–Trinajstić information content (AvgIpc) is 3.45. The third-order valence-electron chi connectivity index (χ3n) is 5.13. The Morgan fingerprint density at radius 2 is 1.88 bits per heavy atom. The van der Waals surface area contributed by atoms with Crippen molar-refractivity contribution in [2.75, 3.05) is 36.0 Å². The van der Waals surface area contributed by atoms with E-state index in [1.54, 1.807) is 17.1 Å². The standard InChI is InChI=1S/C17H20N8O/c1-23-15-12(9-20-23)16(19-10-18-15)24-4-6-25(7-5-24)17-21-13(11-2-3-11)8-14(26)22-17/h8-11H,2-7H2,1H3,(H,21,22,26). The molecule has 0 unspecified atom stereocenters. The lowest BCUT2D eigenvalue weighted by Crippen LogP contribution is -2.47. The fourth-order valence-electron chi connectivity index (χ4n) is 3.53. The van der Waals surface area contributed by atoms with Crippen molar-refractivity contribution >= 4 is 22.8 Å². The van der Waals surface area contributed by atoms with Gasteiger partial charge in [0.1, 0.15) is 12.1 Å².